The van der Waals surface area contributed by atoms with Crippen molar-refractivity contribution < 1.29 is 13.2 Å². The van der Waals surface area contributed by atoms with E-state index in [0.29, 0.717) is 45.8 Å². The molecule has 1 aliphatic rings. The molecule has 8 heteroatoms. The van der Waals surface area contributed by atoms with Crippen LogP contribution in [0.5, 0.6) is 0 Å². The van der Waals surface area contributed by atoms with Crippen molar-refractivity contribution >= 4 is 29.0 Å². The second kappa shape index (κ2) is 6.21. The van der Waals surface area contributed by atoms with E-state index in [4.69, 9.17) is 23.2 Å². The van der Waals surface area contributed by atoms with Gasteiger partial charge in [-0.15, -0.1) is 0 Å². The molecule has 0 atom stereocenters. The maximum absolute atomic E-state index is 13.0. The van der Waals surface area contributed by atoms with Crippen molar-refractivity contribution in [2.75, 3.05) is 11.9 Å². The predicted molar refractivity (Wildman–Crippen MR) is 96.2 cm³/mol. The van der Waals surface area contributed by atoms with Crippen molar-refractivity contribution in [1.29, 1.82) is 0 Å². The number of rotatable bonds is 2. The average Bonchev–Trinajstić information content (AvgIpc) is 3.19. The highest BCUT2D eigenvalue weighted by atomic mass is 35.5. The van der Waals surface area contributed by atoms with Gasteiger partial charge in [0, 0.05) is 17.7 Å². The van der Waals surface area contributed by atoms with Crippen molar-refractivity contribution in [3.63, 3.8) is 0 Å². The van der Waals surface area contributed by atoms with E-state index in [1.807, 2.05) is 0 Å². The summed E-state index contributed by atoms with van der Waals surface area (Å²) in [4.78, 5) is 0. The second-order valence-corrected chi connectivity index (χ2v) is 6.70. The van der Waals surface area contributed by atoms with Crippen LogP contribution in [0.25, 0.3) is 16.9 Å². The number of benzene rings is 2. The van der Waals surface area contributed by atoms with Gasteiger partial charge in [-0.2, -0.15) is 18.3 Å². The molecule has 1 aromatic heterocycles. The maximum atomic E-state index is 13.0. The van der Waals surface area contributed by atoms with Gasteiger partial charge in [0.1, 0.15) is 5.82 Å². The molecule has 0 bridgehead atoms. The molecular weight excluding hydrogens is 386 g/mol. The largest absolute Gasteiger partial charge is 0.416 e. The van der Waals surface area contributed by atoms with Gasteiger partial charge in [-0.1, -0.05) is 41.4 Å². The number of alkyl halides is 3. The van der Waals surface area contributed by atoms with Crippen LogP contribution < -0.4 is 5.32 Å². The lowest BCUT2D eigenvalue weighted by Gasteiger charge is -2.10. The predicted octanol–water partition coefficient (Wildman–Crippen LogP) is 5.83. The fourth-order valence-electron chi connectivity index (χ4n) is 3.08. The molecule has 134 valence electrons. The van der Waals surface area contributed by atoms with Crippen molar-refractivity contribution in [3.05, 3.63) is 63.6 Å². The number of nitrogens with one attached hydrogen (secondary N) is 1. The molecule has 3 aromatic rings. The number of anilines is 1. The topological polar surface area (TPSA) is 29.9 Å². The highest BCUT2D eigenvalue weighted by molar-refractivity contribution is 6.43. The molecule has 2 aromatic carbocycles. The van der Waals surface area contributed by atoms with Gasteiger partial charge < -0.3 is 5.32 Å². The Hall–Kier alpha value is -2.18. The summed E-state index contributed by atoms with van der Waals surface area (Å²) in [6, 6.07) is 10.3. The number of hydrogen-bond acceptors (Lipinski definition) is 2. The molecule has 2 heterocycles. The molecule has 0 aliphatic carbocycles. The van der Waals surface area contributed by atoms with Gasteiger partial charge in [0.15, 0.2) is 0 Å². The summed E-state index contributed by atoms with van der Waals surface area (Å²) in [6.07, 6.45) is -3.72. The first kappa shape index (κ1) is 17.2. The SMILES string of the molecule is FC(F)(F)c1cccc(-n2nc(-c3cccc(Cl)c3Cl)c3c2NCC3)c1. The zero-order chi connectivity index (χ0) is 18.5. The van der Waals surface area contributed by atoms with Gasteiger partial charge in [-0.25, -0.2) is 4.68 Å². The van der Waals surface area contributed by atoms with Crippen LogP contribution in [-0.2, 0) is 12.6 Å². The minimum Gasteiger partial charge on any atom is -0.369 e. The number of hydrogen-bond donors (Lipinski definition) is 1. The molecular formula is C18H12Cl2F3N3. The fourth-order valence-corrected chi connectivity index (χ4v) is 3.47. The van der Waals surface area contributed by atoms with E-state index in [9.17, 15) is 13.2 Å². The van der Waals surface area contributed by atoms with E-state index in [0.717, 1.165) is 17.7 Å². The van der Waals surface area contributed by atoms with Crippen molar-refractivity contribution in [1.82, 2.24) is 9.78 Å². The summed E-state index contributed by atoms with van der Waals surface area (Å²) in [5.74, 6) is 0.676. The smallest absolute Gasteiger partial charge is 0.369 e. The van der Waals surface area contributed by atoms with Gasteiger partial charge in [-0.3, -0.25) is 0 Å². The van der Waals surface area contributed by atoms with Crippen molar-refractivity contribution in [3.8, 4) is 16.9 Å². The molecule has 26 heavy (non-hydrogen) atoms. The molecule has 1 N–H and O–H groups in total. The van der Waals surface area contributed by atoms with E-state index >= 15 is 0 Å². The monoisotopic (exact) mass is 397 g/mol. The van der Waals surface area contributed by atoms with Crippen LogP contribution in [0.4, 0.5) is 19.0 Å². The first-order valence-corrected chi connectivity index (χ1v) is 8.59. The quantitative estimate of drug-likeness (QED) is 0.589. The van der Waals surface area contributed by atoms with Gasteiger partial charge in [0.25, 0.3) is 0 Å². The average molecular weight is 398 g/mol. The number of halogens is 5. The molecule has 0 fully saturated rings. The summed E-state index contributed by atoms with van der Waals surface area (Å²) < 4.78 is 40.6. The Kier molecular flexibility index (Phi) is 4.12. The molecule has 0 spiro atoms. The van der Waals surface area contributed by atoms with Crippen LogP contribution in [0.15, 0.2) is 42.5 Å². The molecule has 1 aliphatic heterocycles. The Morgan fingerprint density at radius 1 is 1.08 bits per heavy atom. The summed E-state index contributed by atoms with van der Waals surface area (Å²) in [5.41, 5.74) is 1.79. The third-order valence-electron chi connectivity index (χ3n) is 4.28. The first-order valence-electron chi connectivity index (χ1n) is 7.84. The van der Waals surface area contributed by atoms with Crippen molar-refractivity contribution in [2.24, 2.45) is 0 Å². The Bertz CT molecular complexity index is 996. The normalized spacial score (nSPS) is 13.6. The molecule has 4 rings (SSSR count). The Morgan fingerprint density at radius 3 is 2.62 bits per heavy atom. The van der Waals surface area contributed by atoms with Crippen LogP contribution in [0.3, 0.4) is 0 Å². The summed E-state index contributed by atoms with van der Waals surface area (Å²) >= 11 is 12.4. The first-order chi connectivity index (χ1) is 12.4. The third-order valence-corrected chi connectivity index (χ3v) is 5.09. The standard InChI is InChI=1S/C18H12Cl2F3N3/c19-14-6-2-5-12(15(14)20)16-13-7-8-24-17(13)26(25-16)11-4-1-3-10(9-11)18(21,22)23/h1-6,9,24H,7-8H2. The zero-order valence-corrected chi connectivity index (χ0v) is 14.8. The van der Waals surface area contributed by atoms with Crippen LogP contribution >= 0.6 is 23.2 Å². The maximum Gasteiger partial charge on any atom is 0.416 e. The van der Waals surface area contributed by atoms with Gasteiger partial charge >= 0.3 is 6.18 Å². The third kappa shape index (κ3) is 2.83. The van der Waals surface area contributed by atoms with E-state index < -0.39 is 11.7 Å². The van der Waals surface area contributed by atoms with E-state index in [1.54, 1.807) is 24.3 Å². The minimum absolute atomic E-state index is 0.329. The molecule has 0 saturated heterocycles. The fraction of sp³-hybridized carbons (Fsp3) is 0.167. The molecule has 3 nitrogen and oxygen atoms in total. The lowest BCUT2D eigenvalue weighted by molar-refractivity contribution is -0.137. The van der Waals surface area contributed by atoms with Gasteiger partial charge in [0.05, 0.1) is 27.0 Å². The van der Waals surface area contributed by atoms with Gasteiger partial charge in [0.2, 0.25) is 0 Å². The lowest BCUT2D eigenvalue weighted by Crippen LogP contribution is -2.08. The van der Waals surface area contributed by atoms with Gasteiger partial charge in [-0.05, 0) is 30.7 Å². The highest BCUT2D eigenvalue weighted by Crippen LogP contribution is 2.40. The molecule has 0 saturated carbocycles. The molecule has 0 radical (unpaired) electrons. The zero-order valence-electron chi connectivity index (χ0n) is 13.2. The van der Waals surface area contributed by atoms with Crippen LogP contribution in [-0.4, -0.2) is 16.3 Å². The Balaban J connectivity index is 1.89. The van der Waals surface area contributed by atoms with E-state index in [-0.39, 0.29) is 0 Å². The van der Waals surface area contributed by atoms with Crippen molar-refractivity contribution in [2.45, 2.75) is 12.6 Å². The number of nitrogens with zero attached hydrogens (tertiary/aromatic N) is 2. The lowest BCUT2D eigenvalue weighted by atomic mass is 10.1. The number of fused-ring (bicyclic) bond motifs is 1. The van der Waals surface area contributed by atoms with Crippen LogP contribution in [0.2, 0.25) is 10.0 Å². The Labute approximate surface area is 157 Å². The van der Waals surface area contributed by atoms with E-state index in [2.05, 4.69) is 10.4 Å². The molecule has 0 unspecified atom stereocenters. The highest BCUT2D eigenvalue weighted by Gasteiger charge is 2.31. The summed E-state index contributed by atoms with van der Waals surface area (Å²) in [7, 11) is 0. The minimum atomic E-state index is -4.42. The molecule has 0 amide bonds. The second-order valence-electron chi connectivity index (χ2n) is 5.91. The number of aromatic nitrogens is 2. The van der Waals surface area contributed by atoms with Crippen LogP contribution in [0, 0.1) is 0 Å². The van der Waals surface area contributed by atoms with Crippen LogP contribution in [0.1, 0.15) is 11.1 Å². The Morgan fingerprint density at radius 2 is 1.85 bits per heavy atom. The van der Waals surface area contributed by atoms with E-state index in [1.165, 1.54) is 10.7 Å². The summed E-state index contributed by atoms with van der Waals surface area (Å²) in [6.45, 7) is 0.678. The summed E-state index contributed by atoms with van der Waals surface area (Å²) in [5, 5.41) is 8.51.